The molecule has 1 atom stereocenters. The average molecular weight is 495 g/mol. The normalized spacial score (nSPS) is 17.4. The Hall–Kier alpha value is -3.46. The van der Waals surface area contributed by atoms with Gasteiger partial charge in [0, 0.05) is 23.8 Å². The second-order valence-electron chi connectivity index (χ2n) is 9.85. The smallest absolute Gasteiger partial charge is 0.269 e. The lowest BCUT2D eigenvalue weighted by Crippen LogP contribution is -2.41. The molecule has 9 heteroatoms. The van der Waals surface area contributed by atoms with E-state index in [9.17, 15) is 18.0 Å². The number of pyridine rings is 2. The van der Waals surface area contributed by atoms with Gasteiger partial charge in [0.2, 0.25) is 0 Å². The van der Waals surface area contributed by atoms with Gasteiger partial charge in [0.25, 0.3) is 21.5 Å². The van der Waals surface area contributed by atoms with Crippen molar-refractivity contribution < 1.29 is 13.2 Å². The summed E-state index contributed by atoms with van der Waals surface area (Å²) < 4.78 is 27.7. The van der Waals surface area contributed by atoms with Gasteiger partial charge in [0.05, 0.1) is 11.3 Å². The highest BCUT2D eigenvalue weighted by Gasteiger charge is 2.39. The van der Waals surface area contributed by atoms with Crippen LogP contribution in [-0.2, 0) is 10.0 Å². The Labute approximate surface area is 205 Å². The molecule has 1 amide bonds. The number of aryl methyl sites for hydroxylation is 1. The van der Waals surface area contributed by atoms with Crippen molar-refractivity contribution in [3.8, 4) is 11.3 Å². The molecule has 0 bridgehead atoms. The van der Waals surface area contributed by atoms with Gasteiger partial charge in [-0.3, -0.25) is 9.59 Å². The molecule has 0 radical (unpaired) electrons. The first-order valence-electron chi connectivity index (χ1n) is 11.5. The number of hydrogen-bond acceptors (Lipinski definition) is 6. The predicted molar refractivity (Wildman–Crippen MR) is 136 cm³/mol. The van der Waals surface area contributed by atoms with Crippen LogP contribution in [-0.4, -0.2) is 36.4 Å². The van der Waals surface area contributed by atoms with Gasteiger partial charge in [0.15, 0.2) is 4.90 Å². The van der Waals surface area contributed by atoms with Gasteiger partial charge in [-0.2, -0.15) is 0 Å². The van der Waals surface area contributed by atoms with Crippen molar-refractivity contribution in [1.82, 2.24) is 14.7 Å². The zero-order valence-electron chi connectivity index (χ0n) is 20.5. The lowest BCUT2D eigenvalue weighted by molar-refractivity contribution is 0.0981. The van der Waals surface area contributed by atoms with Crippen molar-refractivity contribution >= 4 is 21.7 Å². The van der Waals surface area contributed by atoms with Crippen LogP contribution >= 0.6 is 0 Å². The maximum absolute atomic E-state index is 13.3. The van der Waals surface area contributed by atoms with Gasteiger partial charge in [-0.1, -0.05) is 25.1 Å². The predicted octanol–water partition coefficient (Wildman–Crippen LogP) is 3.80. The second kappa shape index (κ2) is 8.96. The molecule has 35 heavy (non-hydrogen) atoms. The molecule has 1 saturated heterocycles. The van der Waals surface area contributed by atoms with Crippen LogP contribution in [0.2, 0.25) is 0 Å². The molecule has 0 spiro atoms. The van der Waals surface area contributed by atoms with Gasteiger partial charge >= 0.3 is 0 Å². The second-order valence-corrected chi connectivity index (χ2v) is 11.5. The van der Waals surface area contributed by atoms with Crippen molar-refractivity contribution in [2.75, 3.05) is 11.4 Å². The molecule has 0 saturated carbocycles. The van der Waals surface area contributed by atoms with E-state index < -0.39 is 26.4 Å². The summed E-state index contributed by atoms with van der Waals surface area (Å²) in [5, 5.41) is 0. The minimum absolute atomic E-state index is 0.136. The molecule has 184 valence electrons. The van der Waals surface area contributed by atoms with Crippen molar-refractivity contribution in [2.24, 2.45) is 5.92 Å². The van der Waals surface area contributed by atoms with Crippen LogP contribution in [0, 0.1) is 19.8 Å². The molecular formula is C26H30N4O4S. The van der Waals surface area contributed by atoms with Crippen LogP contribution in [0.3, 0.4) is 0 Å². The van der Waals surface area contributed by atoms with Crippen LogP contribution in [0.25, 0.3) is 11.3 Å². The molecular weight excluding hydrogens is 464 g/mol. The van der Waals surface area contributed by atoms with E-state index >= 15 is 0 Å². The molecule has 1 aliphatic rings. The van der Waals surface area contributed by atoms with Gasteiger partial charge in [0.1, 0.15) is 5.82 Å². The van der Waals surface area contributed by atoms with Crippen molar-refractivity contribution in [1.29, 1.82) is 0 Å². The molecule has 1 aliphatic heterocycles. The molecule has 0 unspecified atom stereocenters. The monoisotopic (exact) mass is 494 g/mol. The molecule has 1 aromatic carbocycles. The molecule has 1 fully saturated rings. The van der Waals surface area contributed by atoms with E-state index in [-0.39, 0.29) is 11.1 Å². The molecule has 3 aromatic rings. The fraction of sp³-hybridized carbons (Fsp3) is 0.346. The topological polar surface area (TPSA) is 112 Å². The van der Waals surface area contributed by atoms with E-state index in [1.165, 1.54) is 12.3 Å². The zero-order valence-corrected chi connectivity index (χ0v) is 21.4. The number of anilines is 1. The molecule has 2 aromatic heterocycles. The fourth-order valence-electron chi connectivity index (χ4n) is 4.82. The first-order valence-corrected chi connectivity index (χ1v) is 13.0. The SMILES string of the molecule is Cc1cccc(-c2ccc(C(=O)NS(=O)(=O)c3ccc[nH]c3=O)c(N3C[C@@H](C)CC3(C)C)n2)c1C. The summed E-state index contributed by atoms with van der Waals surface area (Å²) in [4.78, 5) is 34.1. The summed E-state index contributed by atoms with van der Waals surface area (Å²) in [5.41, 5.74) is 2.92. The Morgan fingerprint density at radius 3 is 2.54 bits per heavy atom. The quantitative estimate of drug-likeness (QED) is 0.558. The third kappa shape index (κ3) is 4.73. The number of aromatic nitrogens is 2. The van der Waals surface area contributed by atoms with Crippen LogP contribution < -0.4 is 15.2 Å². The highest BCUT2D eigenvalue weighted by molar-refractivity contribution is 7.90. The van der Waals surface area contributed by atoms with Crippen LogP contribution in [0.15, 0.2) is 58.4 Å². The van der Waals surface area contributed by atoms with Crippen molar-refractivity contribution in [3.05, 3.63) is 75.7 Å². The molecule has 3 heterocycles. The number of amides is 1. The van der Waals surface area contributed by atoms with E-state index in [2.05, 4.69) is 35.4 Å². The number of benzene rings is 1. The largest absolute Gasteiger partial charge is 0.351 e. The highest BCUT2D eigenvalue weighted by atomic mass is 32.2. The molecule has 4 rings (SSSR count). The molecule has 0 aliphatic carbocycles. The Morgan fingerprint density at radius 2 is 1.89 bits per heavy atom. The van der Waals surface area contributed by atoms with Gasteiger partial charge < -0.3 is 9.88 Å². The van der Waals surface area contributed by atoms with Crippen LogP contribution in [0.5, 0.6) is 0 Å². The molecule has 2 N–H and O–H groups in total. The summed E-state index contributed by atoms with van der Waals surface area (Å²) in [6.45, 7) is 11.1. The number of aromatic amines is 1. The lowest BCUT2D eigenvalue weighted by atomic mass is 9.97. The third-order valence-electron chi connectivity index (χ3n) is 6.63. The number of H-pyrrole nitrogens is 1. The number of nitrogens with one attached hydrogen (secondary N) is 2. The summed E-state index contributed by atoms with van der Waals surface area (Å²) in [7, 11) is -4.38. The van der Waals surface area contributed by atoms with Gasteiger partial charge in [-0.25, -0.2) is 18.1 Å². The first-order chi connectivity index (χ1) is 16.4. The Balaban J connectivity index is 1.82. The Kier molecular flexibility index (Phi) is 6.31. The van der Waals surface area contributed by atoms with Crippen molar-refractivity contribution in [2.45, 2.75) is 51.5 Å². The minimum atomic E-state index is -4.38. The standard InChI is InChI=1S/C26H30N4O4S/c1-16-14-26(4,5)30(15-16)23-20(11-12-21(28-23)19-9-6-8-17(2)18(19)3)24(31)29-35(33,34)22-10-7-13-27-25(22)32/h6-13,16H,14-15H2,1-5H3,(H,27,32)(H,29,31)/t16-/m0/s1. The number of sulfonamides is 1. The van der Waals surface area contributed by atoms with E-state index in [1.54, 1.807) is 12.1 Å². The number of nitrogens with zero attached hydrogens (tertiary/aromatic N) is 2. The summed E-state index contributed by atoms with van der Waals surface area (Å²) in [5.74, 6) is -0.0373. The lowest BCUT2D eigenvalue weighted by Gasteiger charge is -2.34. The Bertz CT molecular complexity index is 1460. The van der Waals surface area contributed by atoms with Gasteiger partial charge in [-0.05, 0) is 75.4 Å². The maximum Gasteiger partial charge on any atom is 0.269 e. The van der Waals surface area contributed by atoms with E-state index in [0.29, 0.717) is 24.0 Å². The molecule has 8 nitrogen and oxygen atoms in total. The third-order valence-corrected chi connectivity index (χ3v) is 7.98. The van der Waals surface area contributed by atoms with E-state index in [1.807, 2.05) is 32.0 Å². The van der Waals surface area contributed by atoms with Crippen molar-refractivity contribution in [3.63, 3.8) is 0 Å². The number of carbonyl (C=O) groups excluding carboxylic acids is 1. The fourth-order valence-corrected chi connectivity index (χ4v) is 5.84. The van der Waals surface area contributed by atoms with E-state index in [4.69, 9.17) is 4.98 Å². The summed E-state index contributed by atoms with van der Waals surface area (Å²) in [6, 6.07) is 11.9. The zero-order chi connectivity index (χ0) is 25.5. The number of rotatable bonds is 5. The average Bonchev–Trinajstić information content (AvgIpc) is 3.06. The summed E-state index contributed by atoms with van der Waals surface area (Å²) >= 11 is 0. The van der Waals surface area contributed by atoms with Gasteiger partial charge in [-0.15, -0.1) is 0 Å². The summed E-state index contributed by atoms with van der Waals surface area (Å²) in [6.07, 6.45) is 2.23. The highest BCUT2D eigenvalue weighted by Crippen LogP contribution is 2.38. The number of carbonyl (C=O) groups is 1. The first kappa shape index (κ1) is 24.7. The van der Waals surface area contributed by atoms with Crippen LogP contribution in [0.1, 0.15) is 48.7 Å². The minimum Gasteiger partial charge on any atom is -0.351 e. The van der Waals surface area contributed by atoms with E-state index in [0.717, 1.165) is 29.2 Å². The maximum atomic E-state index is 13.3. The van der Waals surface area contributed by atoms with Crippen LogP contribution in [0.4, 0.5) is 5.82 Å². The number of hydrogen-bond donors (Lipinski definition) is 2. The Morgan fingerprint density at radius 1 is 1.14 bits per heavy atom.